The van der Waals surface area contributed by atoms with Crippen LogP contribution in [0.5, 0.6) is 0 Å². The number of hydrogen-bond donors (Lipinski definition) is 1. The van der Waals surface area contributed by atoms with Crippen molar-refractivity contribution in [2.75, 3.05) is 6.61 Å². The van der Waals surface area contributed by atoms with Crippen molar-refractivity contribution in [2.45, 2.75) is 19.8 Å². The molecule has 0 fully saturated rings. The molecule has 1 N–H and O–H groups in total. The number of aliphatic hydroxyl groups is 1. The Kier molecular flexibility index (Phi) is 3.65. The fourth-order valence-corrected chi connectivity index (χ4v) is 1.36. The second kappa shape index (κ2) is 4.77. The lowest BCUT2D eigenvalue weighted by Gasteiger charge is -2.05. The summed E-state index contributed by atoms with van der Waals surface area (Å²) in [6, 6.07) is 7.44. The van der Waals surface area contributed by atoms with Crippen LogP contribution >= 0.6 is 0 Å². The van der Waals surface area contributed by atoms with Crippen molar-refractivity contribution in [3.8, 4) is 0 Å². The van der Waals surface area contributed by atoms with E-state index in [1.807, 2.05) is 18.2 Å². The minimum Gasteiger partial charge on any atom is -0.388 e. The maximum Gasteiger partial charge on any atom is 0.188 e. The van der Waals surface area contributed by atoms with E-state index in [9.17, 15) is 4.79 Å². The molecule has 0 aliphatic heterocycles. The third kappa shape index (κ3) is 2.39. The van der Waals surface area contributed by atoms with Gasteiger partial charge in [0.1, 0.15) is 6.61 Å². The Morgan fingerprint density at radius 3 is 2.69 bits per heavy atom. The second-order valence-electron chi connectivity index (χ2n) is 2.99. The van der Waals surface area contributed by atoms with Gasteiger partial charge in [-0.05, 0) is 12.0 Å². The number of hydrogen-bond acceptors (Lipinski definition) is 2. The number of aliphatic hydroxyl groups excluding tert-OH is 1. The van der Waals surface area contributed by atoms with Crippen LogP contribution in [0.4, 0.5) is 0 Å². The molecule has 13 heavy (non-hydrogen) atoms. The van der Waals surface area contributed by atoms with Gasteiger partial charge < -0.3 is 5.11 Å². The number of carbonyl (C=O) groups excluding carboxylic acids is 1. The molecule has 0 atom stereocenters. The lowest BCUT2D eigenvalue weighted by Crippen LogP contribution is -2.07. The lowest BCUT2D eigenvalue weighted by atomic mass is 10.0. The van der Waals surface area contributed by atoms with Crippen LogP contribution in [-0.4, -0.2) is 17.5 Å². The average Bonchev–Trinajstić information content (AvgIpc) is 2.18. The molecule has 2 heteroatoms. The summed E-state index contributed by atoms with van der Waals surface area (Å²) in [5.74, 6) is -0.191. The van der Waals surface area contributed by atoms with Gasteiger partial charge in [0.15, 0.2) is 5.78 Å². The largest absolute Gasteiger partial charge is 0.388 e. The number of rotatable bonds is 4. The predicted octanol–water partition coefficient (Wildman–Crippen LogP) is 1.81. The molecule has 0 radical (unpaired) electrons. The number of Topliss-reactive ketones (excluding diaryl/α,β-unsaturated/α-hetero) is 1. The molecule has 0 aromatic heterocycles. The van der Waals surface area contributed by atoms with Crippen LogP contribution in [0.1, 0.15) is 29.3 Å². The molecule has 70 valence electrons. The smallest absolute Gasteiger partial charge is 0.188 e. The third-order valence-electron chi connectivity index (χ3n) is 1.98. The summed E-state index contributed by atoms with van der Waals surface area (Å²) in [6.07, 6.45) is 1.90. The highest BCUT2D eigenvalue weighted by Gasteiger charge is 2.07. The Morgan fingerprint density at radius 1 is 1.38 bits per heavy atom. The number of ketones is 1. The Morgan fingerprint density at radius 2 is 2.08 bits per heavy atom. The van der Waals surface area contributed by atoms with E-state index in [-0.39, 0.29) is 5.78 Å². The Bertz CT molecular complexity index is 292. The Balaban J connectivity index is 2.97. The van der Waals surface area contributed by atoms with E-state index in [2.05, 4.69) is 6.92 Å². The van der Waals surface area contributed by atoms with Gasteiger partial charge in [0, 0.05) is 5.56 Å². The van der Waals surface area contributed by atoms with E-state index in [0.717, 1.165) is 18.4 Å². The van der Waals surface area contributed by atoms with Crippen molar-refractivity contribution in [2.24, 2.45) is 0 Å². The standard InChI is InChI=1S/C11H14O2/c1-2-5-9-6-3-4-7-10(9)11(13)8-12/h3-4,6-7,12H,2,5,8H2,1H3. The molecule has 0 heterocycles. The molecule has 1 rings (SSSR count). The van der Waals surface area contributed by atoms with E-state index in [4.69, 9.17) is 5.11 Å². The molecular formula is C11H14O2. The SMILES string of the molecule is CCCc1ccccc1C(=O)CO. The van der Waals surface area contributed by atoms with Crippen molar-refractivity contribution >= 4 is 5.78 Å². The quantitative estimate of drug-likeness (QED) is 0.714. The summed E-state index contributed by atoms with van der Waals surface area (Å²) in [5, 5.41) is 8.73. The number of carbonyl (C=O) groups is 1. The van der Waals surface area contributed by atoms with E-state index in [0.29, 0.717) is 5.56 Å². The van der Waals surface area contributed by atoms with E-state index < -0.39 is 6.61 Å². The highest BCUT2D eigenvalue weighted by atomic mass is 16.3. The highest BCUT2D eigenvalue weighted by molar-refractivity contribution is 5.98. The van der Waals surface area contributed by atoms with Gasteiger partial charge >= 0.3 is 0 Å². The van der Waals surface area contributed by atoms with Crippen LogP contribution in [0.2, 0.25) is 0 Å². The molecule has 0 saturated heterocycles. The van der Waals surface area contributed by atoms with E-state index >= 15 is 0 Å². The van der Waals surface area contributed by atoms with Crippen molar-refractivity contribution in [3.63, 3.8) is 0 Å². The summed E-state index contributed by atoms with van der Waals surface area (Å²) < 4.78 is 0. The Hall–Kier alpha value is -1.15. The van der Waals surface area contributed by atoms with Gasteiger partial charge in [-0.1, -0.05) is 37.6 Å². The molecular weight excluding hydrogens is 164 g/mol. The van der Waals surface area contributed by atoms with Crippen molar-refractivity contribution in [1.82, 2.24) is 0 Å². The van der Waals surface area contributed by atoms with Gasteiger partial charge in [0.2, 0.25) is 0 Å². The van der Waals surface area contributed by atoms with Crippen LogP contribution < -0.4 is 0 Å². The van der Waals surface area contributed by atoms with Gasteiger partial charge in [-0.3, -0.25) is 4.79 Å². The van der Waals surface area contributed by atoms with Crippen LogP contribution in [-0.2, 0) is 6.42 Å². The van der Waals surface area contributed by atoms with Crippen molar-refractivity contribution in [3.05, 3.63) is 35.4 Å². The summed E-state index contributed by atoms with van der Waals surface area (Å²) >= 11 is 0. The molecule has 0 spiro atoms. The fraction of sp³-hybridized carbons (Fsp3) is 0.364. The summed E-state index contributed by atoms with van der Waals surface area (Å²) in [4.78, 5) is 11.3. The summed E-state index contributed by atoms with van der Waals surface area (Å²) in [6.45, 7) is 1.67. The molecule has 0 unspecified atom stereocenters. The first-order valence-corrected chi connectivity index (χ1v) is 4.51. The normalized spacial score (nSPS) is 10.0. The highest BCUT2D eigenvalue weighted by Crippen LogP contribution is 2.11. The van der Waals surface area contributed by atoms with Gasteiger partial charge in [-0.2, -0.15) is 0 Å². The van der Waals surface area contributed by atoms with E-state index in [1.54, 1.807) is 6.07 Å². The molecule has 0 saturated carbocycles. The molecule has 1 aromatic rings. The maximum absolute atomic E-state index is 11.3. The Labute approximate surface area is 78.2 Å². The molecule has 2 nitrogen and oxygen atoms in total. The maximum atomic E-state index is 11.3. The monoisotopic (exact) mass is 178 g/mol. The fourth-order valence-electron chi connectivity index (χ4n) is 1.36. The molecule has 0 aliphatic carbocycles. The lowest BCUT2D eigenvalue weighted by molar-refractivity contribution is 0.0903. The van der Waals surface area contributed by atoms with Gasteiger partial charge in [-0.25, -0.2) is 0 Å². The van der Waals surface area contributed by atoms with Crippen LogP contribution in [0, 0.1) is 0 Å². The molecule has 1 aromatic carbocycles. The van der Waals surface area contributed by atoms with Gasteiger partial charge in [0.25, 0.3) is 0 Å². The predicted molar refractivity (Wildman–Crippen MR) is 51.9 cm³/mol. The summed E-state index contributed by atoms with van der Waals surface area (Å²) in [5.41, 5.74) is 1.69. The van der Waals surface area contributed by atoms with Gasteiger partial charge in [0.05, 0.1) is 0 Å². The summed E-state index contributed by atoms with van der Waals surface area (Å²) in [7, 11) is 0. The average molecular weight is 178 g/mol. The first-order chi connectivity index (χ1) is 6.29. The topological polar surface area (TPSA) is 37.3 Å². The number of benzene rings is 1. The van der Waals surface area contributed by atoms with Crippen LogP contribution in [0.25, 0.3) is 0 Å². The third-order valence-corrected chi connectivity index (χ3v) is 1.98. The minimum absolute atomic E-state index is 0.191. The van der Waals surface area contributed by atoms with Crippen molar-refractivity contribution in [1.29, 1.82) is 0 Å². The van der Waals surface area contributed by atoms with E-state index in [1.165, 1.54) is 0 Å². The first kappa shape index (κ1) is 9.93. The zero-order valence-electron chi connectivity index (χ0n) is 7.79. The second-order valence-corrected chi connectivity index (χ2v) is 2.99. The van der Waals surface area contributed by atoms with Crippen LogP contribution in [0.3, 0.4) is 0 Å². The zero-order valence-corrected chi connectivity index (χ0v) is 7.79. The zero-order chi connectivity index (χ0) is 9.68. The van der Waals surface area contributed by atoms with Crippen LogP contribution in [0.15, 0.2) is 24.3 Å². The first-order valence-electron chi connectivity index (χ1n) is 4.51. The number of aryl methyl sites for hydroxylation is 1. The van der Waals surface area contributed by atoms with Crippen molar-refractivity contribution < 1.29 is 9.90 Å². The molecule has 0 aliphatic rings. The minimum atomic E-state index is -0.402. The molecule has 0 amide bonds. The van der Waals surface area contributed by atoms with Gasteiger partial charge in [-0.15, -0.1) is 0 Å². The molecule has 0 bridgehead atoms.